The molecule has 0 spiro atoms. The van der Waals surface area contributed by atoms with E-state index in [2.05, 4.69) is 17.6 Å². The Morgan fingerprint density at radius 2 is 2.05 bits per heavy atom. The predicted molar refractivity (Wildman–Crippen MR) is 89.7 cm³/mol. The zero-order valence-electron chi connectivity index (χ0n) is 12.6. The highest BCUT2D eigenvalue weighted by atomic mass is 35.5. The number of carbonyl (C=O) groups excluding carboxylic acids is 1. The topological polar surface area (TPSA) is 50.4 Å². The first-order chi connectivity index (χ1) is 9.67. The van der Waals surface area contributed by atoms with E-state index < -0.39 is 0 Å². The van der Waals surface area contributed by atoms with Crippen molar-refractivity contribution in [1.82, 2.24) is 10.6 Å². The summed E-state index contributed by atoms with van der Waals surface area (Å²) in [5.74, 6) is 0.720. The first kappa shape index (κ1) is 20.0. The van der Waals surface area contributed by atoms with Crippen molar-refractivity contribution in [2.45, 2.75) is 26.2 Å². The van der Waals surface area contributed by atoms with Crippen LogP contribution in [0.25, 0.3) is 0 Å². The number of benzene rings is 1. The lowest BCUT2D eigenvalue weighted by molar-refractivity contribution is -0.121. The maximum atomic E-state index is 11.7. The Bertz CT molecular complexity index is 428. The van der Waals surface area contributed by atoms with Crippen LogP contribution in [-0.2, 0) is 11.2 Å². The van der Waals surface area contributed by atoms with Crippen LogP contribution < -0.4 is 15.4 Å². The fraction of sp³-hybridized carbons (Fsp3) is 0.533. The van der Waals surface area contributed by atoms with Crippen molar-refractivity contribution in [3.63, 3.8) is 0 Å². The molecule has 0 heterocycles. The molecule has 0 aliphatic carbocycles. The van der Waals surface area contributed by atoms with Gasteiger partial charge in [-0.15, -0.1) is 12.4 Å². The quantitative estimate of drug-likeness (QED) is 0.683. The molecular weight excluding hydrogens is 311 g/mol. The number of rotatable bonds is 9. The standard InChI is InChI=1S/C15H23ClN2O2.ClH/c1-3-8-17-9-10-18-15(19)7-5-12-4-6-14(20-2)13(16)11-12;/h4,6,11,17H,3,5,7-10H2,1-2H3,(H,18,19);1H. The summed E-state index contributed by atoms with van der Waals surface area (Å²) in [6.07, 6.45) is 2.25. The Morgan fingerprint density at radius 3 is 2.67 bits per heavy atom. The number of halogens is 2. The van der Waals surface area contributed by atoms with Gasteiger partial charge in [0.05, 0.1) is 12.1 Å². The molecule has 0 bridgehead atoms. The van der Waals surface area contributed by atoms with Crippen LogP contribution in [0, 0.1) is 0 Å². The Hall–Kier alpha value is -0.970. The van der Waals surface area contributed by atoms with Crippen LogP contribution in [0.3, 0.4) is 0 Å². The third-order valence-corrected chi connectivity index (χ3v) is 3.20. The third-order valence-electron chi connectivity index (χ3n) is 2.91. The molecule has 0 fully saturated rings. The molecule has 0 aliphatic rings. The van der Waals surface area contributed by atoms with Crippen molar-refractivity contribution in [3.8, 4) is 5.75 Å². The average molecular weight is 335 g/mol. The van der Waals surface area contributed by atoms with Gasteiger partial charge in [0, 0.05) is 19.5 Å². The molecule has 120 valence electrons. The summed E-state index contributed by atoms with van der Waals surface area (Å²) < 4.78 is 5.09. The van der Waals surface area contributed by atoms with Crippen molar-refractivity contribution in [3.05, 3.63) is 28.8 Å². The summed E-state index contributed by atoms with van der Waals surface area (Å²) in [6, 6.07) is 5.60. The molecule has 21 heavy (non-hydrogen) atoms. The van der Waals surface area contributed by atoms with Crippen molar-refractivity contribution >= 4 is 29.9 Å². The van der Waals surface area contributed by atoms with Crippen LogP contribution in [0.5, 0.6) is 5.75 Å². The van der Waals surface area contributed by atoms with Crippen LogP contribution in [0.2, 0.25) is 5.02 Å². The largest absolute Gasteiger partial charge is 0.495 e. The van der Waals surface area contributed by atoms with Crippen LogP contribution in [0.15, 0.2) is 18.2 Å². The van der Waals surface area contributed by atoms with E-state index in [0.29, 0.717) is 30.2 Å². The highest BCUT2D eigenvalue weighted by molar-refractivity contribution is 6.32. The molecule has 4 nitrogen and oxygen atoms in total. The fourth-order valence-corrected chi connectivity index (χ4v) is 2.08. The van der Waals surface area contributed by atoms with Crippen molar-refractivity contribution in [2.75, 3.05) is 26.7 Å². The number of methoxy groups -OCH3 is 1. The van der Waals surface area contributed by atoms with Crippen LogP contribution >= 0.6 is 24.0 Å². The number of aryl methyl sites for hydroxylation is 1. The first-order valence-electron chi connectivity index (χ1n) is 6.97. The van der Waals surface area contributed by atoms with Gasteiger partial charge in [-0.05, 0) is 37.1 Å². The van der Waals surface area contributed by atoms with Gasteiger partial charge in [-0.1, -0.05) is 24.6 Å². The van der Waals surface area contributed by atoms with E-state index in [9.17, 15) is 4.79 Å². The summed E-state index contributed by atoms with van der Waals surface area (Å²) in [5, 5.41) is 6.71. The number of amides is 1. The molecule has 2 N–H and O–H groups in total. The van der Waals surface area contributed by atoms with Gasteiger partial charge in [-0.3, -0.25) is 4.79 Å². The monoisotopic (exact) mass is 334 g/mol. The molecule has 0 radical (unpaired) electrons. The molecule has 6 heteroatoms. The first-order valence-corrected chi connectivity index (χ1v) is 7.35. The van der Waals surface area contributed by atoms with E-state index in [-0.39, 0.29) is 18.3 Å². The highest BCUT2D eigenvalue weighted by Crippen LogP contribution is 2.25. The zero-order chi connectivity index (χ0) is 14.8. The molecule has 0 unspecified atom stereocenters. The van der Waals surface area contributed by atoms with E-state index in [4.69, 9.17) is 16.3 Å². The van der Waals surface area contributed by atoms with Crippen molar-refractivity contribution in [1.29, 1.82) is 0 Å². The smallest absolute Gasteiger partial charge is 0.220 e. The lowest BCUT2D eigenvalue weighted by atomic mass is 10.1. The number of nitrogens with one attached hydrogen (secondary N) is 2. The predicted octanol–water partition coefficient (Wildman–Crippen LogP) is 2.82. The van der Waals surface area contributed by atoms with E-state index in [1.54, 1.807) is 7.11 Å². The summed E-state index contributed by atoms with van der Waals surface area (Å²) in [4.78, 5) is 11.7. The molecular formula is C15H24Cl2N2O2. The molecule has 1 rings (SSSR count). The minimum absolute atomic E-state index is 0. The molecule has 1 aromatic carbocycles. The van der Waals surface area contributed by atoms with Gasteiger partial charge < -0.3 is 15.4 Å². The van der Waals surface area contributed by atoms with E-state index in [1.165, 1.54) is 0 Å². The number of carbonyl (C=O) groups is 1. The second-order valence-corrected chi connectivity index (χ2v) is 4.98. The second kappa shape index (κ2) is 11.7. The van der Waals surface area contributed by atoms with Crippen LogP contribution in [0.4, 0.5) is 0 Å². The molecule has 0 saturated carbocycles. The SMILES string of the molecule is CCCNCCNC(=O)CCc1ccc(OC)c(Cl)c1.Cl. The van der Waals surface area contributed by atoms with Gasteiger partial charge in [-0.25, -0.2) is 0 Å². The maximum absolute atomic E-state index is 11.7. The van der Waals surface area contributed by atoms with Crippen molar-refractivity contribution < 1.29 is 9.53 Å². The summed E-state index contributed by atoms with van der Waals surface area (Å²) >= 11 is 6.04. The fourth-order valence-electron chi connectivity index (χ4n) is 1.80. The van der Waals surface area contributed by atoms with Gasteiger partial charge in [-0.2, -0.15) is 0 Å². The molecule has 1 amide bonds. The Kier molecular flexibility index (Phi) is 11.1. The lowest BCUT2D eigenvalue weighted by Crippen LogP contribution is -2.32. The molecule has 0 saturated heterocycles. The van der Waals surface area contributed by atoms with Crippen molar-refractivity contribution in [2.24, 2.45) is 0 Å². The molecule has 1 aromatic rings. The van der Waals surface area contributed by atoms with Gasteiger partial charge >= 0.3 is 0 Å². The minimum atomic E-state index is 0. The lowest BCUT2D eigenvalue weighted by Gasteiger charge is -2.07. The Morgan fingerprint density at radius 1 is 1.29 bits per heavy atom. The van der Waals surface area contributed by atoms with Crippen LogP contribution in [0.1, 0.15) is 25.3 Å². The average Bonchev–Trinajstić information content (AvgIpc) is 2.45. The van der Waals surface area contributed by atoms with E-state index in [1.807, 2.05) is 18.2 Å². The van der Waals surface area contributed by atoms with Gasteiger partial charge in [0.25, 0.3) is 0 Å². The normalized spacial score (nSPS) is 9.86. The summed E-state index contributed by atoms with van der Waals surface area (Å²) in [6.45, 7) is 4.59. The highest BCUT2D eigenvalue weighted by Gasteiger charge is 2.05. The van der Waals surface area contributed by atoms with Gasteiger partial charge in [0.1, 0.15) is 5.75 Å². The number of ether oxygens (including phenoxy) is 1. The zero-order valence-corrected chi connectivity index (χ0v) is 14.1. The van der Waals surface area contributed by atoms with Crippen LogP contribution in [-0.4, -0.2) is 32.7 Å². The van der Waals surface area contributed by atoms with Gasteiger partial charge in [0.15, 0.2) is 0 Å². The molecule has 0 atom stereocenters. The Labute approximate surface area is 138 Å². The minimum Gasteiger partial charge on any atom is -0.495 e. The van der Waals surface area contributed by atoms with E-state index >= 15 is 0 Å². The number of hydrogen-bond donors (Lipinski definition) is 2. The third kappa shape index (κ3) is 8.15. The Balaban J connectivity index is 0.00000400. The summed E-state index contributed by atoms with van der Waals surface area (Å²) in [5.41, 5.74) is 1.04. The van der Waals surface area contributed by atoms with E-state index in [0.717, 1.165) is 25.1 Å². The summed E-state index contributed by atoms with van der Waals surface area (Å²) in [7, 11) is 1.58. The van der Waals surface area contributed by atoms with Gasteiger partial charge in [0.2, 0.25) is 5.91 Å². The molecule has 0 aromatic heterocycles. The number of hydrogen-bond acceptors (Lipinski definition) is 3. The molecule has 0 aliphatic heterocycles. The second-order valence-electron chi connectivity index (χ2n) is 4.57. The maximum Gasteiger partial charge on any atom is 0.220 e.